The highest BCUT2D eigenvalue weighted by Crippen LogP contribution is 2.23. The number of carbonyl (C=O) groups excluding carboxylic acids is 1. The van der Waals surface area contributed by atoms with Gasteiger partial charge in [0.25, 0.3) is 0 Å². The van der Waals surface area contributed by atoms with E-state index in [1.54, 1.807) is 26.8 Å². The highest BCUT2D eigenvalue weighted by atomic mass is 16.6. The van der Waals surface area contributed by atoms with Crippen molar-refractivity contribution in [2.24, 2.45) is 0 Å². The van der Waals surface area contributed by atoms with E-state index in [-0.39, 0.29) is 12.6 Å². The van der Waals surface area contributed by atoms with Crippen LogP contribution in [0, 0.1) is 0 Å². The number of anilines is 2. The molecule has 0 saturated carbocycles. The summed E-state index contributed by atoms with van der Waals surface area (Å²) in [5, 5.41) is 13.3. The number of β-amino-alcohol motifs (C(OH)–C–C–N with tert-alkyl or cyclic N) is 1. The Morgan fingerprint density at radius 3 is 2.83 bits per heavy atom. The first kappa shape index (κ1) is 17.0. The number of rotatable bonds is 3. The Labute approximate surface area is 135 Å². The van der Waals surface area contributed by atoms with Crippen LogP contribution in [-0.4, -0.2) is 56.9 Å². The lowest BCUT2D eigenvalue weighted by atomic mass is 10.2. The van der Waals surface area contributed by atoms with Crippen molar-refractivity contribution in [1.29, 1.82) is 0 Å². The van der Waals surface area contributed by atoms with Gasteiger partial charge in [-0.1, -0.05) is 12.7 Å². The third-order valence-electron chi connectivity index (χ3n) is 3.38. The van der Waals surface area contributed by atoms with Crippen LogP contribution in [0.5, 0.6) is 0 Å². The average molecular weight is 321 g/mol. The molecule has 1 aromatic heterocycles. The molecule has 4 N–H and O–H groups in total. The molecule has 8 heteroatoms. The standard InChI is InChI=1S/C15H23N5O3/c1-5-9-12(16)17-8-18-13(9)19-10-6-20(7-11(10)21)14(22)23-15(2,3)4/h5,8,10-11,21H,1,6-7H2,2-4H3,(H3,16,17,18,19)/t10-,11+/m1/s1. The number of aromatic nitrogens is 2. The van der Waals surface area contributed by atoms with Crippen LogP contribution in [0.1, 0.15) is 26.3 Å². The van der Waals surface area contributed by atoms with Crippen LogP contribution in [-0.2, 0) is 4.74 Å². The molecule has 1 amide bonds. The van der Waals surface area contributed by atoms with Crippen LogP contribution in [0.4, 0.5) is 16.4 Å². The number of hydrogen-bond acceptors (Lipinski definition) is 7. The van der Waals surface area contributed by atoms with E-state index in [2.05, 4.69) is 21.9 Å². The van der Waals surface area contributed by atoms with Gasteiger partial charge >= 0.3 is 6.09 Å². The second kappa shape index (κ2) is 6.41. The first-order valence-corrected chi connectivity index (χ1v) is 7.36. The minimum absolute atomic E-state index is 0.191. The zero-order valence-electron chi connectivity index (χ0n) is 13.6. The van der Waals surface area contributed by atoms with E-state index in [0.29, 0.717) is 23.7 Å². The molecule has 0 radical (unpaired) electrons. The Bertz CT molecular complexity index is 599. The molecule has 0 bridgehead atoms. The molecule has 23 heavy (non-hydrogen) atoms. The largest absolute Gasteiger partial charge is 0.444 e. The SMILES string of the molecule is C=Cc1c(N)ncnc1N[C@@H]1CN(C(=O)OC(C)(C)C)C[C@@H]1O. The lowest BCUT2D eigenvalue weighted by Gasteiger charge is -2.24. The molecule has 1 aromatic rings. The number of hydrogen-bond donors (Lipinski definition) is 3. The molecule has 1 saturated heterocycles. The summed E-state index contributed by atoms with van der Waals surface area (Å²) in [6.45, 7) is 9.57. The van der Waals surface area contributed by atoms with Crippen LogP contribution in [0.25, 0.3) is 6.08 Å². The van der Waals surface area contributed by atoms with E-state index in [1.165, 1.54) is 11.2 Å². The summed E-state index contributed by atoms with van der Waals surface area (Å²) >= 11 is 0. The van der Waals surface area contributed by atoms with Gasteiger partial charge in [0.2, 0.25) is 0 Å². The van der Waals surface area contributed by atoms with Crippen LogP contribution < -0.4 is 11.1 Å². The molecule has 1 aliphatic rings. The third-order valence-corrected chi connectivity index (χ3v) is 3.38. The molecule has 2 atom stereocenters. The topological polar surface area (TPSA) is 114 Å². The Kier molecular flexibility index (Phi) is 4.74. The first-order chi connectivity index (χ1) is 10.7. The molecule has 126 valence electrons. The lowest BCUT2D eigenvalue weighted by Crippen LogP contribution is -2.36. The number of nitrogens with one attached hydrogen (secondary N) is 1. The summed E-state index contributed by atoms with van der Waals surface area (Å²) in [5.74, 6) is 0.775. The van der Waals surface area contributed by atoms with Gasteiger partial charge < -0.3 is 25.8 Å². The fraction of sp³-hybridized carbons (Fsp3) is 0.533. The third kappa shape index (κ3) is 4.10. The number of carbonyl (C=O) groups is 1. The number of amides is 1. The second-order valence-electron chi connectivity index (χ2n) is 6.43. The predicted molar refractivity (Wildman–Crippen MR) is 87.8 cm³/mol. The monoisotopic (exact) mass is 321 g/mol. The smallest absolute Gasteiger partial charge is 0.410 e. The van der Waals surface area contributed by atoms with E-state index in [1.807, 2.05) is 0 Å². The molecule has 1 aliphatic heterocycles. The number of likely N-dealkylation sites (tertiary alicyclic amines) is 1. The van der Waals surface area contributed by atoms with Crippen molar-refractivity contribution in [1.82, 2.24) is 14.9 Å². The van der Waals surface area contributed by atoms with Crippen molar-refractivity contribution in [3.8, 4) is 0 Å². The number of aliphatic hydroxyl groups excluding tert-OH is 1. The summed E-state index contributed by atoms with van der Waals surface area (Å²) in [6.07, 6.45) is 1.69. The fourth-order valence-electron chi connectivity index (χ4n) is 2.31. The predicted octanol–water partition coefficient (Wildman–Crippen LogP) is 1.09. The van der Waals surface area contributed by atoms with E-state index < -0.39 is 17.8 Å². The maximum atomic E-state index is 12.1. The molecule has 8 nitrogen and oxygen atoms in total. The van der Waals surface area contributed by atoms with Gasteiger partial charge in [-0.05, 0) is 20.8 Å². The van der Waals surface area contributed by atoms with Gasteiger partial charge in [-0.15, -0.1) is 0 Å². The fourth-order valence-corrected chi connectivity index (χ4v) is 2.31. The van der Waals surface area contributed by atoms with Crippen LogP contribution in [0.15, 0.2) is 12.9 Å². The summed E-state index contributed by atoms with van der Waals surface area (Å²) in [7, 11) is 0. The van der Waals surface area contributed by atoms with Crippen molar-refractivity contribution in [3.05, 3.63) is 18.5 Å². The van der Waals surface area contributed by atoms with Crippen LogP contribution in [0.3, 0.4) is 0 Å². The van der Waals surface area contributed by atoms with E-state index >= 15 is 0 Å². The Hall–Kier alpha value is -2.35. The minimum Gasteiger partial charge on any atom is -0.444 e. The summed E-state index contributed by atoms with van der Waals surface area (Å²) < 4.78 is 5.32. The van der Waals surface area contributed by atoms with Gasteiger partial charge in [-0.25, -0.2) is 14.8 Å². The average Bonchev–Trinajstić information content (AvgIpc) is 2.79. The number of nitrogens with zero attached hydrogens (tertiary/aromatic N) is 3. The lowest BCUT2D eigenvalue weighted by molar-refractivity contribution is 0.0270. The van der Waals surface area contributed by atoms with Crippen molar-refractivity contribution >= 4 is 23.8 Å². The Morgan fingerprint density at radius 1 is 1.52 bits per heavy atom. The Morgan fingerprint density at radius 2 is 2.22 bits per heavy atom. The van der Waals surface area contributed by atoms with Crippen LogP contribution >= 0.6 is 0 Å². The molecular formula is C15H23N5O3. The molecule has 1 fully saturated rings. The normalized spacial score (nSPS) is 21.1. The molecule has 0 unspecified atom stereocenters. The highest BCUT2D eigenvalue weighted by molar-refractivity contribution is 5.71. The Balaban J connectivity index is 2.07. The molecule has 2 heterocycles. The van der Waals surface area contributed by atoms with Gasteiger partial charge in [0, 0.05) is 6.54 Å². The molecule has 0 aliphatic carbocycles. The van der Waals surface area contributed by atoms with Gasteiger partial charge in [0.1, 0.15) is 23.6 Å². The summed E-state index contributed by atoms with van der Waals surface area (Å²) in [5.41, 5.74) is 5.76. The summed E-state index contributed by atoms with van der Waals surface area (Å²) in [4.78, 5) is 21.6. The van der Waals surface area contributed by atoms with Crippen molar-refractivity contribution < 1.29 is 14.6 Å². The van der Waals surface area contributed by atoms with Gasteiger partial charge in [-0.2, -0.15) is 0 Å². The van der Waals surface area contributed by atoms with Crippen LogP contribution in [0.2, 0.25) is 0 Å². The van der Waals surface area contributed by atoms with E-state index in [4.69, 9.17) is 10.5 Å². The van der Waals surface area contributed by atoms with E-state index in [0.717, 1.165) is 0 Å². The summed E-state index contributed by atoms with van der Waals surface area (Å²) in [6, 6.07) is -0.379. The maximum absolute atomic E-state index is 12.1. The molecular weight excluding hydrogens is 298 g/mol. The molecule has 0 spiro atoms. The number of ether oxygens (including phenoxy) is 1. The van der Waals surface area contributed by atoms with E-state index in [9.17, 15) is 9.90 Å². The highest BCUT2D eigenvalue weighted by Gasteiger charge is 2.36. The number of nitrogen functional groups attached to an aromatic ring is 1. The zero-order valence-corrected chi connectivity index (χ0v) is 13.6. The van der Waals surface area contributed by atoms with Crippen molar-refractivity contribution in [2.45, 2.75) is 38.5 Å². The van der Waals surface area contributed by atoms with Crippen molar-refractivity contribution in [2.75, 3.05) is 24.1 Å². The van der Waals surface area contributed by atoms with Gasteiger partial charge in [-0.3, -0.25) is 0 Å². The maximum Gasteiger partial charge on any atom is 0.410 e. The van der Waals surface area contributed by atoms with Gasteiger partial charge in [0.15, 0.2) is 0 Å². The quantitative estimate of drug-likeness (QED) is 0.763. The zero-order chi connectivity index (χ0) is 17.2. The first-order valence-electron chi connectivity index (χ1n) is 7.36. The number of aliphatic hydroxyl groups is 1. The van der Waals surface area contributed by atoms with Gasteiger partial charge in [0.05, 0.1) is 24.3 Å². The molecule has 2 rings (SSSR count). The number of nitrogens with two attached hydrogens (primary N) is 1. The molecule has 0 aromatic carbocycles. The van der Waals surface area contributed by atoms with Crippen molar-refractivity contribution in [3.63, 3.8) is 0 Å². The minimum atomic E-state index is -0.739. The second-order valence-corrected chi connectivity index (χ2v) is 6.43.